The van der Waals surface area contributed by atoms with E-state index in [0.29, 0.717) is 6.54 Å². The molecular weight excluding hydrogens is 164 g/mol. The molecule has 0 atom stereocenters. The second-order valence-electron chi connectivity index (χ2n) is 3.89. The van der Waals surface area contributed by atoms with E-state index in [1.54, 1.807) is 6.08 Å². The van der Waals surface area contributed by atoms with Gasteiger partial charge in [0, 0.05) is 12.1 Å². The molecule has 3 nitrogen and oxygen atoms in total. The molecule has 1 rings (SSSR count). The molecule has 13 heavy (non-hydrogen) atoms. The van der Waals surface area contributed by atoms with Crippen LogP contribution in [0.4, 0.5) is 4.79 Å². The van der Waals surface area contributed by atoms with Crippen LogP contribution in [-0.4, -0.2) is 18.1 Å². The van der Waals surface area contributed by atoms with Gasteiger partial charge in [-0.05, 0) is 19.8 Å². The van der Waals surface area contributed by atoms with E-state index in [-0.39, 0.29) is 11.6 Å². The zero-order chi connectivity index (χ0) is 9.73. The number of carbonyl (C=O) groups excluding carboxylic acids is 1. The van der Waals surface area contributed by atoms with Crippen molar-refractivity contribution in [2.75, 3.05) is 6.54 Å². The van der Waals surface area contributed by atoms with Gasteiger partial charge in [0.1, 0.15) is 0 Å². The number of nitrogens with one attached hydrogen (secondary N) is 2. The van der Waals surface area contributed by atoms with E-state index in [1.807, 2.05) is 0 Å². The van der Waals surface area contributed by atoms with Crippen molar-refractivity contribution >= 4 is 6.03 Å². The van der Waals surface area contributed by atoms with Gasteiger partial charge in [-0.3, -0.25) is 0 Å². The first kappa shape index (κ1) is 10.1. The van der Waals surface area contributed by atoms with Gasteiger partial charge in [-0.1, -0.05) is 18.9 Å². The van der Waals surface area contributed by atoms with Crippen molar-refractivity contribution in [3.63, 3.8) is 0 Å². The lowest BCUT2D eigenvalue weighted by atomic mass is 10.0. The quantitative estimate of drug-likeness (QED) is 0.642. The van der Waals surface area contributed by atoms with Crippen LogP contribution in [0.1, 0.15) is 32.6 Å². The van der Waals surface area contributed by atoms with Gasteiger partial charge in [-0.15, -0.1) is 6.58 Å². The van der Waals surface area contributed by atoms with Crippen molar-refractivity contribution in [3.05, 3.63) is 12.7 Å². The van der Waals surface area contributed by atoms with E-state index in [4.69, 9.17) is 0 Å². The van der Waals surface area contributed by atoms with Gasteiger partial charge in [0.2, 0.25) is 0 Å². The molecule has 0 unspecified atom stereocenters. The normalized spacial score (nSPS) is 19.5. The minimum absolute atomic E-state index is 0.0191. The van der Waals surface area contributed by atoms with E-state index in [0.717, 1.165) is 12.8 Å². The Morgan fingerprint density at radius 1 is 1.54 bits per heavy atom. The number of rotatable bonds is 3. The minimum Gasteiger partial charge on any atom is -0.335 e. The number of urea groups is 1. The van der Waals surface area contributed by atoms with Gasteiger partial charge in [0.05, 0.1) is 0 Å². The molecule has 0 saturated heterocycles. The maximum Gasteiger partial charge on any atom is 0.315 e. The van der Waals surface area contributed by atoms with Gasteiger partial charge < -0.3 is 10.6 Å². The first-order valence-electron chi connectivity index (χ1n) is 4.83. The molecule has 0 aliphatic heterocycles. The Labute approximate surface area is 79.6 Å². The molecule has 0 aromatic heterocycles. The van der Waals surface area contributed by atoms with E-state index in [2.05, 4.69) is 24.1 Å². The van der Waals surface area contributed by atoms with E-state index in [1.165, 1.54) is 12.8 Å². The molecule has 0 spiro atoms. The van der Waals surface area contributed by atoms with Crippen molar-refractivity contribution in [3.8, 4) is 0 Å². The average Bonchev–Trinajstić information content (AvgIpc) is 2.48. The van der Waals surface area contributed by atoms with Crippen molar-refractivity contribution in [2.24, 2.45) is 0 Å². The second-order valence-corrected chi connectivity index (χ2v) is 3.89. The zero-order valence-electron chi connectivity index (χ0n) is 8.23. The number of carbonyl (C=O) groups is 1. The van der Waals surface area contributed by atoms with Gasteiger partial charge in [-0.2, -0.15) is 0 Å². The molecule has 1 aliphatic carbocycles. The minimum atomic E-state index is -0.0794. The maximum atomic E-state index is 11.3. The molecule has 1 saturated carbocycles. The Morgan fingerprint density at radius 2 is 2.15 bits per heavy atom. The van der Waals surface area contributed by atoms with Gasteiger partial charge >= 0.3 is 6.03 Å². The Bertz CT molecular complexity index is 195. The van der Waals surface area contributed by atoms with Crippen LogP contribution in [0.25, 0.3) is 0 Å². The van der Waals surface area contributed by atoms with Crippen LogP contribution in [-0.2, 0) is 0 Å². The first-order valence-corrected chi connectivity index (χ1v) is 4.83. The summed E-state index contributed by atoms with van der Waals surface area (Å²) in [5, 5.41) is 5.71. The summed E-state index contributed by atoms with van der Waals surface area (Å²) in [6.45, 7) is 6.17. The summed E-state index contributed by atoms with van der Waals surface area (Å²) in [6.07, 6.45) is 6.30. The van der Waals surface area contributed by atoms with Crippen molar-refractivity contribution in [1.82, 2.24) is 10.6 Å². The summed E-state index contributed by atoms with van der Waals surface area (Å²) < 4.78 is 0. The molecule has 2 N–H and O–H groups in total. The van der Waals surface area contributed by atoms with Crippen molar-refractivity contribution in [1.29, 1.82) is 0 Å². The van der Waals surface area contributed by atoms with Crippen molar-refractivity contribution < 1.29 is 4.79 Å². The monoisotopic (exact) mass is 182 g/mol. The summed E-state index contributed by atoms with van der Waals surface area (Å²) in [6, 6.07) is -0.0794. The Kier molecular flexibility index (Phi) is 3.34. The maximum absolute atomic E-state index is 11.3. The molecular formula is C10H18N2O. The molecule has 1 aliphatic rings. The fourth-order valence-corrected chi connectivity index (χ4v) is 1.76. The first-order chi connectivity index (χ1) is 6.16. The zero-order valence-corrected chi connectivity index (χ0v) is 8.23. The van der Waals surface area contributed by atoms with Gasteiger partial charge in [0.25, 0.3) is 0 Å². The predicted molar refractivity (Wildman–Crippen MR) is 53.6 cm³/mol. The highest BCUT2D eigenvalue weighted by atomic mass is 16.2. The summed E-state index contributed by atoms with van der Waals surface area (Å²) in [5.74, 6) is 0. The van der Waals surface area contributed by atoms with Crippen LogP contribution in [0.2, 0.25) is 0 Å². The molecule has 3 heteroatoms. The van der Waals surface area contributed by atoms with Crippen LogP contribution < -0.4 is 10.6 Å². The topological polar surface area (TPSA) is 41.1 Å². The van der Waals surface area contributed by atoms with Gasteiger partial charge in [0.15, 0.2) is 0 Å². The van der Waals surface area contributed by atoms with E-state index in [9.17, 15) is 4.79 Å². The number of hydrogen-bond donors (Lipinski definition) is 2. The van der Waals surface area contributed by atoms with Crippen LogP contribution in [0, 0.1) is 0 Å². The third-order valence-electron chi connectivity index (χ3n) is 2.53. The molecule has 0 heterocycles. The second kappa shape index (κ2) is 4.30. The lowest BCUT2D eigenvalue weighted by molar-refractivity contribution is 0.229. The highest BCUT2D eigenvalue weighted by molar-refractivity contribution is 5.74. The standard InChI is InChI=1S/C10H18N2O/c1-3-8-11-9(13)12-10(2)6-4-5-7-10/h3H,1,4-8H2,2H3,(H2,11,12,13). The van der Waals surface area contributed by atoms with Crippen molar-refractivity contribution in [2.45, 2.75) is 38.1 Å². The van der Waals surface area contributed by atoms with Crippen LogP contribution in [0.15, 0.2) is 12.7 Å². The average molecular weight is 182 g/mol. The van der Waals surface area contributed by atoms with E-state index < -0.39 is 0 Å². The third kappa shape index (κ3) is 3.09. The SMILES string of the molecule is C=CCNC(=O)NC1(C)CCCC1. The molecule has 0 radical (unpaired) electrons. The molecule has 1 fully saturated rings. The van der Waals surface area contributed by atoms with Crippen LogP contribution in [0.3, 0.4) is 0 Å². The third-order valence-corrected chi connectivity index (χ3v) is 2.53. The van der Waals surface area contributed by atoms with E-state index >= 15 is 0 Å². The molecule has 0 aromatic carbocycles. The Morgan fingerprint density at radius 3 is 2.69 bits per heavy atom. The lowest BCUT2D eigenvalue weighted by Gasteiger charge is -2.25. The molecule has 74 valence electrons. The number of hydrogen-bond acceptors (Lipinski definition) is 1. The number of amides is 2. The summed E-state index contributed by atoms with van der Waals surface area (Å²) >= 11 is 0. The largest absolute Gasteiger partial charge is 0.335 e. The molecule has 2 amide bonds. The summed E-state index contributed by atoms with van der Waals surface area (Å²) in [4.78, 5) is 11.3. The predicted octanol–water partition coefficient (Wildman–Crippen LogP) is 1.80. The van der Waals surface area contributed by atoms with Crippen LogP contribution in [0.5, 0.6) is 0 Å². The smallest absolute Gasteiger partial charge is 0.315 e. The lowest BCUT2D eigenvalue weighted by Crippen LogP contribution is -2.48. The Balaban J connectivity index is 2.29. The highest BCUT2D eigenvalue weighted by Crippen LogP contribution is 2.28. The fraction of sp³-hybridized carbons (Fsp3) is 0.700. The summed E-state index contributed by atoms with van der Waals surface area (Å²) in [7, 11) is 0. The fourth-order valence-electron chi connectivity index (χ4n) is 1.76. The van der Waals surface area contributed by atoms with Crippen LogP contribution >= 0.6 is 0 Å². The molecule has 0 aromatic rings. The van der Waals surface area contributed by atoms with Gasteiger partial charge in [-0.25, -0.2) is 4.79 Å². The summed E-state index contributed by atoms with van der Waals surface area (Å²) in [5.41, 5.74) is 0.0191. The molecule has 0 bridgehead atoms. The highest BCUT2D eigenvalue weighted by Gasteiger charge is 2.29. The Hall–Kier alpha value is -0.990.